The van der Waals surface area contributed by atoms with Gasteiger partial charge in [-0.15, -0.1) is 0 Å². The first kappa shape index (κ1) is 12.9. The molecule has 3 atom stereocenters. The second-order valence-electron chi connectivity index (χ2n) is 5.60. The maximum Gasteiger partial charge on any atom is 0.314 e. The summed E-state index contributed by atoms with van der Waals surface area (Å²) in [4.78, 5) is 23.5. The molecular formula is C16H16O4. The number of benzene rings is 1. The number of hydrogen-bond donors (Lipinski definition) is 2. The van der Waals surface area contributed by atoms with Crippen LogP contribution in [0.4, 0.5) is 0 Å². The first-order valence-electron chi connectivity index (χ1n) is 6.78. The number of allylic oxidation sites excluding steroid dienone is 2. The lowest BCUT2D eigenvalue weighted by atomic mass is 9.56. The van der Waals surface area contributed by atoms with Gasteiger partial charge in [0.2, 0.25) is 0 Å². The third-order valence-electron chi connectivity index (χ3n) is 4.74. The maximum atomic E-state index is 12.0. The van der Waals surface area contributed by atoms with Crippen molar-refractivity contribution in [3.8, 4) is 0 Å². The largest absolute Gasteiger partial charge is 0.481 e. The Morgan fingerprint density at radius 2 is 1.90 bits per heavy atom. The summed E-state index contributed by atoms with van der Waals surface area (Å²) in [7, 11) is 0. The Labute approximate surface area is 116 Å². The predicted octanol–water partition coefficient (Wildman–Crippen LogP) is 2.55. The fourth-order valence-corrected chi connectivity index (χ4v) is 3.75. The molecule has 2 N–H and O–H groups in total. The van der Waals surface area contributed by atoms with Crippen molar-refractivity contribution in [2.45, 2.75) is 30.6 Å². The van der Waals surface area contributed by atoms with Crippen molar-refractivity contribution < 1.29 is 19.8 Å². The van der Waals surface area contributed by atoms with Crippen molar-refractivity contribution in [3.63, 3.8) is 0 Å². The molecule has 0 unspecified atom stereocenters. The molecule has 0 bridgehead atoms. The van der Waals surface area contributed by atoms with Crippen molar-refractivity contribution in [2.24, 2.45) is 5.92 Å². The molecule has 3 rings (SSSR count). The lowest BCUT2D eigenvalue weighted by molar-refractivity contribution is -0.149. The van der Waals surface area contributed by atoms with E-state index in [4.69, 9.17) is 0 Å². The minimum atomic E-state index is -0.961. The van der Waals surface area contributed by atoms with Gasteiger partial charge in [-0.25, -0.2) is 0 Å². The van der Waals surface area contributed by atoms with E-state index in [-0.39, 0.29) is 5.92 Å². The summed E-state index contributed by atoms with van der Waals surface area (Å²) in [6, 6.07) is 7.12. The highest BCUT2D eigenvalue weighted by atomic mass is 16.4. The summed E-state index contributed by atoms with van der Waals surface area (Å²) in [5, 5.41) is 19.2. The Morgan fingerprint density at radius 1 is 1.15 bits per heavy atom. The molecule has 0 heterocycles. The van der Waals surface area contributed by atoms with Crippen molar-refractivity contribution in [1.29, 1.82) is 0 Å². The highest BCUT2D eigenvalue weighted by molar-refractivity contribution is 5.86. The van der Waals surface area contributed by atoms with Gasteiger partial charge in [0.1, 0.15) is 0 Å². The van der Waals surface area contributed by atoms with Gasteiger partial charge in [0.25, 0.3) is 0 Å². The standard InChI is InChI=1S/C16H16O4/c17-14(18)12-9-10-5-3-4-8-16(10,15(19)20)13-7-2-1-6-11(12)13/h1-4,6-7,10,12H,5,8-9H2,(H,17,18)(H,19,20)/t10-,12-,16+/m0/s1. The lowest BCUT2D eigenvalue weighted by Crippen LogP contribution is -2.48. The average molecular weight is 272 g/mol. The van der Waals surface area contributed by atoms with E-state index in [1.807, 2.05) is 12.2 Å². The molecule has 4 heteroatoms. The van der Waals surface area contributed by atoms with Crippen LogP contribution in [-0.4, -0.2) is 22.2 Å². The quantitative estimate of drug-likeness (QED) is 0.811. The van der Waals surface area contributed by atoms with Gasteiger partial charge in [0, 0.05) is 0 Å². The van der Waals surface area contributed by atoms with Crippen LogP contribution in [0.2, 0.25) is 0 Å². The van der Waals surface area contributed by atoms with E-state index in [0.717, 1.165) is 0 Å². The minimum absolute atomic E-state index is 0.152. The van der Waals surface area contributed by atoms with Gasteiger partial charge in [0.05, 0.1) is 11.3 Å². The summed E-state index contributed by atoms with van der Waals surface area (Å²) in [6.07, 6.45) is 5.34. The topological polar surface area (TPSA) is 74.6 Å². The highest BCUT2D eigenvalue weighted by Gasteiger charge is 2.53. The number of carboxylic acid groups (broad SMARTS) is 2. The zero-order chi connectivity index (χ0) is 14.3. The molecule has 0 amide bonds. The van der Waals surface area contributed by atoms with Crippen LogP contribution >= 0.6 is 0 Å². The van der Waals surface area contributed by atoms with Crippen LogP contribution in [-0.2, 0) is 15.0 Å². The van der Waals surface area contributed by atoms with Crippen LogP contribution in [0.5, 0.6) is 0 Å². The van der Waals surface area contributed by atoms with Crippen LogP contribution in [0.15, 0.2) is 36.4 Å². The zero-order valence-corrected chi connectivity index (χ0v) is 11.0. The summed E-state index contributed by atoms with van der Waals surface area (Å²) >= 11 is 0. The molecule has 0 aromatic heterocycles. The van der Waals surface area contributed by atoms with Gasteiger partial charge >= 0.3 is 11.9 Å². The molecule has 0 saturated carbocycles. The molecule has 2 aliphatic rings. The van der Waals surface area contributed by atoms with E-state index in [0.29, 0.717) is 30.4 Å². The molecule has 4 nitrogen and oxygen atoms in total. The van der Waals surface area contributed by atoms with Crippen molar-refractivity contribution in [1.82, 2.24) is 0 Å². The summed E-state index contributed by atoms with van der Waals surface area (Å²) in [6.45, 7) is 0. The molecule has 0 spiro atoms. The molecule has 2 aliphatic carbocycles. The first-order valence-corrected chi connectivity index (χ1v) is 6.78. The molecule has 0 fully saturated rings. The molecule has 0 aliphatic heterocycles. The van der Waals surface area contributed by atoms with Crippen LogP contribution in [0.25, 0.3) is 0 Å². The number of rotatable bonds is 2. The monoisotopic (exact) mass is 272 g/mol. The van der Waals surface area contributed by atoms with Gasteiger partial charge in [-0.1, -0.05) is 36.4 Å². The number of fused-ring (bicyclic) bond motifs is 3. The van der Waals surface area contributed by atoms with E-state index in [9.17, 15) is 19.8 Å². The Hall–Kier alpha value is -2.10. The molecule has 1 aromatic carbocycles. The Bertz CT molecular complexity index is 604. The average Bonchev–Trinajstić information content (AvgIpc) is 2.45. The van der Waals surface area contributed by atoms with Gasteiger partial charge in [-0.05, 0) is 36.3 Å². The summed E-state index contributed by atoms with van der Waals surface area (Å²) < 4.78 is 0. The van der Waals surface area contributed by atoms with Crippen molar-refractivity contribution >= 4 is 11.9 Å². The number of carbonyl (C=O) groups is 2. The fraction of sp³-hybridized carbons (Fsp3) is 0.375. The third-order valence-corrected chi connectivity index (χ3v) is 4.74. The zero-order valence-electron chi connectivity index (χ0n) is 11.0. The number of aliphatic carboxylic acids is 2. The number of hydrogen-bond acceptors (Lipinski definition) is 2. The maximum absolute atomic E-state index is 12.0. The van der Waals surface area contributed by atoms with Crippen LogP contribution in [0.3, 0.4) is 0 Å². The fourth-order valence-electron chi connectivity index (χ4n) is 3.75. The Kier molecular flexibility index (Phi) is 2.89. The van der Waals surface area contributed by atoms with E-state index in [1.54, 1.807) is 24.3 Å². The SMILES string of the molecule is O=C(O)[C@H]1C[C@@H]2CC=CC[C@]2(C(=O)O)c2ccccc21. The van der Waals surface area contributed by atoms with E-state index >= 15 is 0 Å². The second kappa shape index (κ2) is 4.47. The van der Waals surface area contributed by atoms with E-state index in [2.05, 4.69) is 0 Å². The summed E-state index contributed by atoms with van der Waals surface area (Å²) in [5.41, 5.74) is 0.381. The minimum Gasteiger partial charge on any atom is -0.481 e. The molecular weight excluding hydrogens is 256 g/mol. The molecule has 0 saturated heterocycles. The van der Waals surface area contributed by atoms with Crippen LogP contribution in [0.1, 0.15) is 36.3 Å². The lowest BCUT2D eigenvalue weighted by Gasteiger charge is -2.45. The van der Waals surface area contributed by atoms with Crippen molar-refractivity contribution in [3.05, 3.63) is 47.5 Å². The van der Waals surface area contributed by atoms with Gasteiger partial charge in [-0.3, -0.25) is 9.59 Å². The van der Waals surface area contributed by atoms with E-state index < -0.39 is 23.3 Å². The van der Waals surface area contributed by atoms with Crippen LogP contribution < -0.4 is 0 Å². The second-order valence-corrected chi connectivity index (χ2v) is 5.60. The van der Waals surface area contributed by atoms with E-state index in [1.165, 1.54) is 0 Å². The Balaban J connectivity index is 2.24. The summed E-state index contributed by atoms with van der Waals surface area (Å²) in [5.74, 6) is -2.47. The first-order chi connectivity index (χ1) is 9.57. The number of carboxylic acids is 2. The van der Waals surface area contributed by atoms with Gasteiger partial charge in [0.15, 0.2) is 0 Å². The molecule has 0 radical (unpaired) electrons. The van der Waals surface area contributed by atoms with Crippen molar-refractivity contribution in [2.75, 3.05) is 0 Å². The Morgan fingerprint density at radius 3 is 2.60 bits per heavy atom. The molecule has 104 valence electrons. The van der Waals surface area contributed by atoms with Gasteiger partial charge in [-0.2, -0.15) is 0 Å². The molecule has 20 heavy (non-hydrogen) atoms. The smallest absolute Gasteiger partial charge is 0.314 e. The van der Waals surface area contributed by atoms with Gasteiger partial charge < -0.3 is 10.2 Å². The predicted molar refractivity (Wildman–Crippen MR) is 72.6 cm³/mol. The highest BCUT2D eigenvalue weighted by Crippen LogP contribution is 2.52. The normalized spacial score (nSPS) is 31.2. The third kappa shape index (κ3) is 1.60. The molecule has 1 aromatic rings. The van der Waals surface area contributed by atoms with Crippen LogP contribution in [0, 0.1) is 5.92 Å².